The van der Waals surface area contributed by atoms with Crippen molar-refractivity contribution in [2.24, 2.45) is 11.8 Å². The van der Waals surface area contributed by atoms with Crippen molar-refractivity contribution in [3.63, 3.8) is 0 Å². The highest BCUT2D eigenvalue weighted by Gasteiger charge is 2.05. The Bertz CT molecular complexity index is 171. The van der Waals surface area contributed by atoms with E-state index < -0.39 is 0 Å². The SMILES string of the molecule is C=CCCCCCCCCC(C)CCC(C)CC. The molecule has 0 amide bonds. The monoisotopic (exact) mass is 252 g/mol. The van der Waals surface area contributed by atoms with Crippen LogP contribution in [0.4, 0.5) is 0 Å². The highest BCUT2D eigenvalue weighted by atomic mass is 14.1. The van der Waals surface area contributed by atoms with E-state index in [9.17, 15) is 0 Å². The fraction of sp³-hybridized carbons (Fsp3) is 0.889. The van der Waals surface area contributed by atoms with E-state index in [1.54, 1.807) is 0 Å². The van der Waals surface area contributed by atoms with Crippen LogP contribution < -0.4 is 0 Å². The van der Waals surface area contributed by atoms with Crippen LogP contribution in [0.2, 0.25) is 0 Å². The molecule has 0 heterocycles. The van der Waals surface area contributed by atoms with Crippen molar-refractivity contribution in [3.8, 4) is 0 Å². The van der Waals surface area contributed by atoms with Gasteiger partial charge < -0.3 is 0 Å². The van der Waals surface area contributed by atoms with Crippen LogP contribution in [-0.2, 0) is 0 Å². The number of unbranched alkanes of at least 4 members (excludes halogenated alkanes) is 6. The van der Waals surface area contributed by atoms with Gasteiger partial charge in [0, 0.05) is 0 Å². The van der Waals surface area contributed by atoms with Gasteiger partial charge in [0.1, 0.15) is 0 Å². The first-order chi connectivity index (χ1) is 8.70. The van der Waals surface area contributed by atoms with Gasteiger partial charge >= 0.3 is 0 Å². The number of rotatable bonds is 13. The summed E-state index contributed by atoms with van der Waals surface area (Å²) in [6, 6.07) is 0. The molecule has 0 saturated carbocycles. The molecule has 0 aliphatic heterocycles. The molecule has 0 rings (SSSR count). The Kier molecular flexibility index (Phi) is 13.0. The van der Waals surface area contributed by atoms with Gasteiger partial charge in [-0.2, -0.15) is 0 Å². The molecule has 18 heavy (non-hydrogen) atoms. The molecule has 0 saturated heterocycles. The summed E-state index contributed by atoms with van der Waals surface area (Å²) in [4.78, 5) is 0. The average Bonchev–Trinajstić information content (AvgIpc) is 2.39. The Balaban J connectivity index is 3.19. The van der Waals surface area contributed by atoms with Gasteiger partial charge in [-0.1, -0.05) is 84.6 Å². The van der Waals surface area contributed by atoms with E-state index in [-0.39, 0.29) is 0 Å². The lowest BCUT2D eigenvalue weighted by atomic mass is 9.92. The second-order valence-electron chi connectivity index (χ2n) is 6.18. The van der Waals surface area contributed by atoms with Gasteiger partial charge in [-0.05, 0) is 24.7 Å². The standard InChI is InChI=1S/C18H36/c1-5-7-8-9-10-11-12-13-14-18(4)16-15-17(3)6-2/h5,17-18H,1,6-16H2,2-4H3. The van der Waals surface area contributed by atoms with E-state index >= 15 is 0 Å². The van der Waals surface area contributed by atoms with Gasteiger partial charge in [0.2, 0.25) is 0 Å². The zero-order chi connectivity index (χ0) is 13.6. The van der Waals surface area contributed by atoms with Crippen molar-refractivity contribution in [3.05, 3.63) is 12.7 Å². The van der Waals surface area contributed by atoms with Crippen LogP contribution in [-0.4, -0.2) is 0 Å². The molecule has 0 aromatic heterocycles. The summed E-state index contributed by atoms with van der Waals surface area (Å²) in [7, 11) is 0. The van der Waals surface area contributed by atoms with E-state index in [4.69, 9.17) is 0 Å². The molecule has 2 unspecified atom stereocenters. The van der Waals surface area contributed by atoms with Gasteiger partial charge in [-0.3, -0.25) is 0 Å². The second kappa shape index (κ2) is 13.2. The van der Waals surface area contributed by atoms with Gasteiger partial charge in [0.15, 0.2) is 0 Å². The fourth-order valence-corrected chi connectivity index (χ4v) is 2.41. The zero-order valence-electron chi connectivity index (χ0n) is 13.2. The van der Waals surface area contributed by atoms with Crippen LogP contribution in [0.25, 0.3) is 0 Å². The highest BCUT2D eigenvalue weighted by molar-refractivity contribution is 4.65. The van der Waals surface area contributed by atoms with Gasteiger partial charge in [0.05, 0.1) is 0 Å². The molecule has 0 aromatic carbocycles. The predicted molar refractivity (Wildman–Crippen MR) is 85.0 cm³/mol. The minimum atomic E-state index is 0.928. The molecular formula is C18H36. The predicted octanol–water partition coefficient (Wildman–Crippen LogP) is 6.76. The van der Waals surface area contributed by atoms with Crippen LogP contribution in [0.5, 0.6) is 0 Å². The second-order valence-corrected chi connectivity index (χ2v) is 6.18. The lowest BCUT2D eigenvalue weighted by Crippen LogP contribution is -1.99. The first-order valence-corrected chi connectivity index (χ1v) is 8.31. The Hall–Kier alpha value is -0.260. The zero-order valence-corrected chi connectivity index (χ0v) is 13.2. The van der Waals surface area contributed by atoms with E-state index in [0.717, 1.165) is 11.8 Å². The van der Waals surface area contributed by atoms with Crippen molar-refractivity contribution in [2.45, 2.75) is 91.4 Å². The molecule has 0 aliphatic rings. The maximum Gasteiger partial charge on any atom is -0.0353 e. The quantitative estimate of drug-likeness (QED) is 0.251. The third-order valence-electron chi connectivity index (χ3n) is 4.20. The molecule has 0 bridgehead atoms. The average molecular weight is 252 g/mol. The van der Waals surface area contributed by atoms with Crippen LogP contribution in [0.3, 0.4) is 0 Å². The van der Waals surface area contributed by atoms with Crippen molar-refractivity contribution in [1.29, 1.82) is 0 Å². The van der Waals surface area contributed by atoms with Crippen molar-refractivity contribution in [2.75, 3.05) is 0 Å². The van der Waals surface area contributed by atoms with Gasteiger partial charge in [0.25, 0.3) is 0 Å². The number of hydrogen-bond donors (Lipinski definition) is 0. The molecule has 0 heteroatoms. The third-order valence-corrected chi connectivity index (χ3v) is 4.20. The van der Waals surface area contributed by atoms with Crippen LogP contribution in [0.1, 0.15) is 91.4 Å². The van der Waals surface area contributed by atoms with Gasteiger partial charge in [-0.25, -0.2) is 0 Å². The smallest absolute Gasteiger partial charge is 0.0353 e. The van der Waals surface area contributed by atoms with E-state index in [1.807, 2.05) is 6.08 Å². The Morgan fingerprint density at radius 3 is 1.94 bits per heavy atom. The maximum absolute atomic E-state index is 3.76. The lowest BCUT2D eigenvalue weighted by Gasteiger charge is -2.14. The summed E-state index contributed by atoms with van der Waals surface area (Å²) in [6.45, 7) is 10.9. The number of allylic oxidation sites excluding steroid dienone is 1. The Morgan fingerprint density at radius 2 is 1.33 bits per heavy atom. The maximum atomic E-state index is 3.76. The van der Waals surface area contributed by atoms with Crippen LogP contribution >= 0.6 is 0 Å². The molecule has 0 spiro atoms. The molecule has 0 fully saturated rings. The Morgan fingerprint density at radius 1 is 0.778 bits per heavy atom. The summed E-state index contributed by atoms with van der Waals surface area (Å²) in [5.74, 6) is 1.87. The Labute approximate surface area is 116 Å². The molecule has 0 nitrogen and oxygen atoms in total. The normalized spacial score (nSPS) is 14.4. The largest absolute Gasteiger partial charge is 0.103 e. The molecule has 0 N–H and O–H groups in total. The minimum Gasteiger partial charge on any atom is -0.103 e. The first-order valence-electron chi connectivity index (χ1n) is 8.31. The molecule has 0 aliphatic carbocycles. The molecule has 0 radical (unpaired) electrons. The van der Waals surface area contributed by atoms with Crippen LogP contribution in [0, 0.1) is 11.8 Å². The summed E-state index contributed by atoms with van der Waals surface area (Å²) >= 11 is 0. The topological polar surface area (TPSA) is 0 Å². The summed E-state index contributed by atoms with van der Waals surface area (Å²) in [5.41, 5.74) is 0. The molecular weight excluding hydrogens is 216 g/mol. The molecule has 0 aromatic rings. The van der Waals surface area contributed by atoms with Gasteiger partial charge in [-0.15, -0.1) is 6.58 Å². The van der Waals surface area contributed by atoms with Crippen LogP contribution in [0.15, 0.2) is 12.7 Å². The van der Waals surface area contributed by atoms with E-state index in [0.29, 0.717) is 0 Å². The minimum absolute atomic E-state index is 0.928. The third kappa shape index (κ3) is 12.2. The highest BCUT2D eigenvalue weighted by Crippen LogP contribution is 2.20. The summed E-state index contributed by atoms with van der Waals surface area (Å²) in [6.07, 6.45) is 17.4. The fourth-order valence-electron chi connectivity index (χ4n) is 2.41. The molecule has 108 valence electrons. The van der Waals surface area contributed by atoms with Crippen molar-refractivity contribution in [1.82, 2.24) is 0 Å². The first kappa shape index (κ1) is 17.7. The van der Waals surface area contributed by atoms with E-state index in [1.165, 1.54) is 70.6 Å². The van der Waals surface area contributed by atoms with Crippen molar-refractivity contribution < 1.29 is 0 Å². The summed E-state index contributed by atoms with van der Waals surface area (Å²) < 4.78 is 0. The summed E-state index contributed by atoms with van der Waals surface area (Å²) in [5, 5.41) is 0. The molecule has 2 atom stereocenters. The number of hydrogen-bond acceptors (Lipinski definition) is 0. The van der Waals surface area contributed by atoms with E-state index in [2.05, 4.69) is 27.4 Å². The lowest BCUT2D eigenvalue weighted by molar-refractivity contribution is 0.393. The van der Waals surface area contributed by atoms with Crippen molar-refractivity contribution >= 4 is 0 Å².